The topological polar surface area (TPSA) is 95.6 Å². The highest BCUT2D eigenvalue weighted by molar-refractivity contribution is 7.89. The molecule has 1 aliphatic rings. The van der Waals surface area contributed by atoms with Crippen LogP contribution in [0.2, 0.25) is 0 Å². The molecule has 0 unspecified atom stereocenters. The zero-order valence-electron chi connectivity index (χ0n) is 18.8. The van der Waals surface area contributed by atoms with Gasteiger partial charge in [0, 0.05) is 32.5 Å². The number of amides is 2. The fourth-order valence-electron chi connectivity index (χ4n) is 3.86. The Balaban J connectivity index is 1.60. The number of nitrogens with one attached hydrogen (secondary N) is 2. The van der Waals surface area contributed by atoms with Crippen molar-refractivity contribution in [1.29, 1.82) is 0 Å². The van der Waals surface area contributed by atoms with Crippen LogP contribution in [0.25, 0.3) is 0 Å². The number of sulfonamides is 1. The minimum Gasteiger partial charge on any atom is -0.351 e. The van der Waals surface area contributed by atoms with Crippen molar-refractivity contribution >= 4 is 21.8 Å². The summed E-state index contributed by atoms with van der Waals surface area (Å²) >= 11 is 0. The average Bonchev–Trinajstić information content (AvgIpc) is 2.78. The number of carbonyl (C=O) groups excluding carboxylic acids is 2. The van der Waals surface area contributed by atoms with Crippen LogP contribution in [-0.2, 0) is 32.2 Å². The van der Waals surface area contributed by atoms with Crippen molar-refractivity contribution in [2.45, 2.75) is 49.3 Å². The molecule has 12 heteroatoms. The first kappa shape index (κ1) is 26.6. The molecule has 1 aliphatic heterocycles. The first-order chi connectivity index (χ1) is 16.4. The van der Waals surface area contributed by atoms with Crippen molar-refractivity contribution in [3.05, 3.63) is 65.5 Å². The van der Waals surface area contributed by atoms with E-state index in [2.05, 4.69) is 10.6 Å². The molecule has 1 saturated heterocycles. The summed E-state index contributed by atoms with van der Waals surface area (Å²) < 4.78 is 78.5. The highest BCUT2D eigenvalue weighted by atomic mass is 32.2. The van der Waals surface area contributed by atoms with Gasteiger partial charge in [-0.05, 0) is 54.8 Å². The summed E-state index contributed by atoms with van der Waals surface area (Å²) in [4.78, 5) is 24.1. The molecule has 190 valence electrons. The molecule has 7 nitrogen and oxygen atoms in total. The number of alkyl halides is 3. The SMILES string of the molecule is CC(=O)N[C@H](Cc1cccc(F)c1)C(=O)NC1CCN(S(=O)(=O)c2ccc(C(F)(F)F)cc2)CC1. The van der Waals surface area contributed by atoms with Gasteiger partial charge in [0.1, 0.15) is 11.9 Å². The van der Waals surface area contributed by atoms with E-state index >= 15 is 0 Å². The lowest BCUT2D eigenvalue weighted by molar-refractivity contribution is -0.137. The first-order valence-corrected chi connectivity index (χ1v) is 12.3. The molecule has 0 aliphatic carbocycles. The zero-order chi connectivity index (χ0) is 25.8. The van der Waals surface area contributed by atoms with Gasteiger partial charge in [-0.15, -0.1) is 0 Å². The Hall–Kier alpha value is -2.99. The third-order valence-electron chi connectivity index (χ3n) is 5.64. The van der Waals surface area contributed by atoms with Crippen molar-refractivity contribution in [3.8, 4) is 0 Å². The fourth-order valence-corrected chi connectivity index (χ4v) is 5.33. The Morgan fingerprint density at radius 3 is 2.26 bits per heavy atom. The number of hydrogen-bond acceptors (Lipinski definition) is 4. The third kappa shape index (κ3) is 7.01. The summed E-state index contributed by atoms with van der Waals surface area (Å²) in [6, 6.07) is 7.66. The van der Waals surface area contributed by atoms with Crippen LogP contribution < -0.4 is 10.6 Å². The number of carbonyl (C=O) groups is 2. The predicted octanol–water partition coefficient (Wildman–Crippen LogP) is 2.86. The molecule has 1 fully saturated rings. The van der Waals surface area contributed by atoms with E-state index in [1.165, 1.54) is 25.1 Å². The first-order valence-electron chi connectivity index (χ1n) is 10.9. The maximum Gasteiger partial charge on any atom is 0.416 e. The van der Waals surface area contributed by atoms with Crippen molar-refractivity contribution in [2.75, 3.05) is 13.1 Å². The molecular formula is C23H25F4N3O4S. The van der Waals surface area contributed by atoms with Gasteiger partial charge in [0.2, 0.25) is 21.8 Å². The standard InChI is InChI=1S/C23H25F4N3O4S/c1-15(31)28-21(14-16-3-2-4-18(24)13-16)22(32)29-19-9-11-30(12-10-19)35(33,34)20-7-5-17(6-8-20)23(25,26)27/h2-8,13,19,21H,9-12,14H2,1H3,(H,28,31)(H,29,32)/t21-/m1/s1. The summed E-state index contributed by atoms with van der Waals surface area (Å²) in [6.07, 6.45) is -3.94. The fraction of sp³-hybridized carbons (Fsp3) is 0.391. The van der Waals surface area contributed by atoms with Gasteiger partial charge in [0.25, 0.3) is 0 Å². The van der Waals surface area contributed by atoms with E-state index in [9.17, 15) is 35.6 Å². The molecule has 0 radical (unpaired) electrons. The van der Waals surface area contributed by atoms with Crippen molar-refractivity contribution in [2.24, 2.45) is 0 Å². The van der Waals surface area contributed by atoms with E-state index in [-0.39, 0.29) is 43.3 Å². The van der Waals surface area contributed by atoms with Gasteiger partial charge in [0.15, 0.2) is 0 Å². The largest absolute Gasteiger partial charge is 0.416 e. The quantitative estimate of drug-likeness (QED) is 0.555. The zero-order valence-corrected chi connectivity index (χ0v) is 19.6. The molecule has 3 rings (SSSR count). The highest BCUT2D eigenvalue weighted by Gasteiger charge is 2.33. The molecule has 2 aromatic rings. The van der Waals surface area contributed by atoms with Gasteiger partial charge in [-0.1, -0.05) is 12.1 Å². The average molecular weight is 516 g/mol. The number of rotatable bonds is 7. The monoisotopic (exact) mass is 515 g/mol. The van der Waals surface area contributed by atoms with E-state index in [0.29, 0.717) is 5.56 Å². The van der Waals surface area contributed by atoms with Crippen molar-refractivity contribution in [3.63, 3.8) is 0 Å². The normalized spacial score (nSPS) is 16.5. The summed E-state index contributed by atoms with van der Waals surface area (Å²) in [5.74, 6) is -1.38. The molecule has 1 atom stereocenters. The summed E-state index contributed by atoms with van der Waals surface area (Å²) in [6.45, 7) is 1.38. The van der Waals surface area contributed by atoms with E-state index in [1.54, 1.807) is 6.07 Å². The van der Waals surface area contributed by atoms with Crippen LogP contribution in [0.3, 0.4) is 0 Å². The van der Waals surface area contributed by atoms with E-state index in [0.717, 1.165) is 28.6 Å². The van der Waals surface area contributed by atoms with Crippen LogP contribution in [0.1, 0.15) is 30.9 Å². The molecule has 2 aromatic carbocycles. The predicted molar refractivity (Wildman–Crippen MR) is 119 cm³/mol. The summed E-state index contributed by atoms with van der Waals surface area (Å²) in [5.41, 5.74) is -0.416. The van der Waals surface area contributed by atoms with Crippen LogP contribution in [-0.4, -0.2) is 49.7 Å². The number of benzene rings is 2. The lowest BCUT2D eigenvalue weighted by Gasteiger charge is -2.32. The Morgan fingerprint density at radius 1 is 1.09 bits per heavy atom. The second kappa shape index (κ2) is 10.7. The lowest BCUT2D eigenvalue weighted by Crippen LogP contribution is -2.53. The molecular weight excluding hydrogens is 490 g/mol. The van der Waals surface area contributed by atoms with E-state index in [4.69, 9.17) is 0 Å². The van der Waals surface area contributed by atoms with E-state index < -0.39 is 45.4 Å². The van der Waals surface area contributed by atoms with Crippen LogP contribution in [0.4, 0.5) is 17.6 Å². The van der Waals surface area contributed by atoms with E-state index in [1.807, 2.05) is 0 Å². The summed E-state index contributed by atoms with van der Waals surface area (Å²) in [5, 5.41) is 5.35. The third-order valence-corrected chi connectivity index (χ3v) is 7.56. The van der Waals surface area contributed by atoms with Crippen LogP contribution in [0.5, 0.6) is 0 Å². The van der Waals surface area contributed by atoms with Gasteiger partial charge in [-0.3, -0.25) is 9.59 Å². The molecule has 0 spiro atoms. The Bertz CT molecular complexity index is 1160. The minimum atomic E-state index is -4.57. The van der Waals surface area contributed by atoms with Gasteiger partial charge in [-0.2, -0.15) is 17.5 Å². The number of piperidine rings is 1. The van der Waals surface area contributed by atoms with Gasteiger partial charge in [0.05, 0.1) is 10.5 Å². The van der Waals surface area contributed by atoms with Crippen molar-refractivity contribution < 1.29 is 35.6 Å². The molecule has 35 heavy (non-hydrogen) atoms. The molecule has 2 N–H and O–H groups in total. The van der Waals surface area contributed by atoms with Gasteiger partial charge in [-0.25, -0.2) is 12.8 Å². The lowest BCUT2D eigenvalue weighted by atomic mass is 10.0. The highest BCUT2D eigenvalue weighted by Crippen LogP contribution is 2.30. The van der Waals surface area contributed by atoms with Gasteiger partial charge >= 0.3 is 6.18 Å². The Morgan fingerprint density at radius 2 is 1.71 bits per heavy atom. The van der Waals surface area contributed by atoms with Gasteiger partial charge < -0.3 is 10.6 Å². The maximum absolute atomic E-state index is 13.5. The number of hydrogen-bond donors (Lipinski definition) is 2. The minimum absolute atomic E-state index is 0.0585. The number of halogens is 4. The maximum atomic E-state index is 13.5. The van der Waals surface area contributed by atoms with Crippen LogP contribution in [0, 0.1) is 5.82 Å². The Labute approximate surface area is 200 Å². The second-order valence-corrected chi connectivity index (χ2v) is 10.2. The second-order valence-electron chi connectivity index (χ2n) is 8.30. The molecule has 0 saturated carbocycles. The molecule has 0 aromatic heterocycles. The van der Waals surface area contributed by atoms with Crippen LogP contribution in [0.15, 0.2) is 53.4 Å². The molecule has 0 bridgehead atoms. The molecule has 2 amide bonds. The smallest absolute Gasteiger partial charge is 0.351 e. The number of nitrogens with zero attached hydrogens (tertiary/aromatic N) is 1. The van der Waals surface area contributed by atoms with Crippen molar-refractivity contribution in [1.82, 2.24) is 14.9 Å². The van der Waals surface area contributed by atoms with Crippen LogP contribution >= 0.6 is 0 Å². The Kier molecular flexibility index (Phi) is 8.16. The molecule has 1 heterocycles. The summed E-state index contributed by atoms with van der Waals surface area (Å²) in [7, 11) is -3.99.